The average molecular weight is 405 g/mol. The van der Waals surface area contributed by atoms with Crippen molar-refractivity contribution in [2.75, 3.05) is 0 Å². The van der Waals surface area contributed by atoms with Crippen LogP contribution in [-0.4, -0.2) is 22.1 Å². The molecule has 1 aromatic carbocycles. The molecule has 30 heavy (non-hydrogen) atoms. The van der Waals surface area contributed by atoms with Gasteiger partial charge in [0, 0.05) is 17.3 Å². The van der Waals surface area contributed by atoms with Crippen LogP contribution in [0.4, 0.5) is 8.78 Å². The molecular formula is C24H21F2N3O. The number of benzene rings is 1. The molecule has 1 saturated carbocycles. The molecule has 1 atom stereocenters. The van der Waals surface area contributed by atoms with Gasteiger partial charge in [0.1, 0.15) is 17.2 Å². The van der Waals surface area contributed by atoms with Gasteiger partial charge in [-0.25, -0.2) is 8.78 Å². The van der Waals surface area contributed by atoms with Gasteiger partial charge in [0.05, 0.1) is 17.4 Å². The Labute approximate surface area is 173 Å². The number of allylic oxidation sites excluding steroid dienone is 1. The van der Waals surface area contributed by atoms with Crippen molar-refractivity contribution >= 4 is 11.6 Å². The van der Waals surface area contributed by atoms with Crippen LogP contribution >= 0.6 is 0 Å². The predicted molar refractivity (Wildman–Crippen MR) is 110 cm³/mol. The molecule has 1 aromatic heterocycles. The molecule has 1 amide bonds. The smallest absolute Gasteiger partial charge is 0.252 e. The molecule has 2 aliphatic carbocycles. The van der Waals surface area contributed by atoms with E-state index in [1.54, 1.807) is 6.20 Å². The zero-order valence-electron chi connectivity index (χ0n) is 16.4. The van der Waals surface area contributed by atoms with Crippen molar-refractivity contribution in [2.24, 2.45) is 4.99 Å². The van der Waals surface area contributed by atoms with E-state index < -0.39 is 11.1 Å². The van der Waals surface area contributed by atoms with Crippen molar-refractivity contribution in [1.82, 2.24) is 10.3 Å². The minimum atomic E-state index is -0.673. The number of carbonyl (C=O) groups excluding carboxylic acids is 1. The van der Waals surface area contributed by atoms with Gasteiger partial charge in [0.2, 0.25) is 0 Å². The highest BCUT2D eigenvalue weighted by Crippen LogP contribution is 2.48. The number of aliphatic imine (C=N–C) groups is 1. The van der Waals surface area contributed by atoms with Gasteiger partial charge >= 0.3 is 0 Å². The minimum absolute atomic E-state index is 0.255. The van der Waals surface area contributed by atoms with Crippen LogP contribution in [0, 0.1) is 11.6 Å². The van der Waals surface area contributed by atoms with Gasteiger partial charge < -0.3 is 5.32 Å². The molecule has 2 heterocycles. The summed E-state index contributed by atoms with van der Waals surface area (Å²) in [5.41, 5.74) is 1.76. The first kappa shape index (κ1) is 18.9. The summed E-state index contributed by atoms with van der Waals surface area (Å²) >= 11 is 0. The highest BCUT2D eigenvalue weighted by molar-refractivity contribution is 6.10. The number of amides is 1. The van der Waals surface area contributed by atoms with Crippen molar-refractivity contribution in [3.8, 4) is 0 Å². The number of dihydropyridines is 1. The van der Waals surface area contributed by atoms with E-state index in [2.05, 4.69) is 16.4 Å². The molecule has 2 aromatic rings. The third kappa shape index (κ3) is 3.16. The molecule has 1 fully saturated rings. The summed E-state index contributed by atoms with van der Waals surface area (Å²) in [5, 5.41) is 3.10. The maximum atomic E-state index is 14.0. The van der Waals surface area contributed by atoms with Gasteiger partial charge in [-0.05, 0) is 74.1 Å². The summed E-state index contributed by atoms with van der Waals surface area (Å²) in [7, 11) is 0. The summed E-state index contributed by atoms with van der Waals surface area (Å²) in [6, 6.07) is 7.00. The molecule has 0 spiro atoms. The number of rotatable bonds is 4. The topological polar surface area (TPSA) is 54.4 Å². The number of hydrogen-bond donors (Lipinski definition) is 1. The molecule has 1 aliphatic heterocycles. The Morgan fingerprint density at radius 2 is 1.80 bits per heavy atom. The number of carbonyl (C=O) groups is 1. The number of fused-ring (bicyclic) bond motifs is 1. The number of nitrogens with one attached hydrogen (secondary N) is 1. The normalized spacial score (nSPS) is 23.8. The van der Waals surface area contributed by atoms with E-state index in [-0.39, 0.29) is 17.5 Å². The first-order valence-electron chi connectivity index (χ1n) is 10.2. The second-order valence-electron chi connectivity index (χ2n) is 8.18. The van der Waals surface area contributed by atoms with Crippen molar-refractivity contribution in [1.29, 1.82) is 0 Å². The van der Waals surface area contributed by atoms with Crippen molar-refractivity contribution < 1.29 is 13.6 Å². The molecule has 3 aliphatic rings. The highest BCUT2D eigenvalue weighted by atomic mass is 19.1. The van der Waals surface area contributed by atoms with Gasteiger partial charge in [-0.3, -0.25) is 14.8 Å². The third-order valence-corrected chi connectivity index (χ3v) is 6.20. The quantitative estimate of drug-likeness (QED) is 0.806. The summed E-state index contributed by atoms with van der Waals surface area (Å²) in [6.45, 7) is 0. The molecule has 6 heteroatoms. The minimum Gasteiger partial charge on any atom is -0.341 e. The Kier molecular flexibility index (Phi) is 4.38. The molecule has 1 N–H and O–H groups in total. The average Bonchev–Trinajstić information content (AvgIpc) is 3.54. The predicted octanol–water partition coefficient (Wildman–Crippen LogP) is 4.64. The van der Waals surface area contributed by atoms with Crippen LogP contribution in [0.3, 0.4) is 0 Å². The Morgan fingerprint density at radius 3 is 2.53 bits per heavy atom. The zero-order valence-corrected chi connectivity index (χ0v) is 16.4. The van der Waals surface area contributed by atoms with Crippen LogP contribution in [0.25, 0.3) is 0 Å². The fourth-order valence-corrected chi connectivity index (χ4v) is 4.41. The monoisotopic (exact) mass is 405 g/mol. The van der Waals surface area contributed by atoms with E-state index in [0.29, 0.717) is 5.56 Å². The first-order valence-corrected chi connectivity index (χ1v) is 10.2. The molecular weight excluding hydrogens is 384 g/mol. The maximum absolute atomic E-state index is 14.0. The Morgan fingerprint density at radius 1 is 1.00 bits per heavy atom. The lowest BCUT2D eigenvalue weighted by Gasteiger charge is -2.38. The zero-order chi connectivity index (χ0) is 20.8. The second kappa shape index (κ2) is 6.97. The maximum Gasteiger partial charge on any atom is 0.252 e. The van der Waals surface area contributed by atoms with Crippen LogP contribution in [0.15, 0.2) is 71.5 Å². The third-order valence-electron chi connectivity index (χ3n) is 6.20. The largest absolute Gasteiger partial charge is 0.341 e. The molecule has 0 radical (unpaired) electrons. The highest BCUT2D eigenvalue weighted by Gasteiger charge is 2.51. The fourth-order valence-electron chi connectivity index (χ4n) is 4.41. The second-order valence-corrected chi connectivity index (χ2v) is 8.18. The van der Waals surface area contributed by atoms with E-state index in [0.717, 1.165) is 49.0 Å². The summed E-state index contributed by atoms with van der Waals surface area (Å²) in [6.07, 6.45) is 13.2. The standard InChI is InChI=1S/C24H21F2N3O/c25-19-7-4-16(5-8-19)22(30)29-23(11-12-23)21-9-6-17-3-1-2-10-24(17,28-21)18-13-20(26)15-27-14-18/h3-9,13-15H,1-2,10-12H2,(H,29,30). The Hall–Kier alpha value is -3.15. The van der Waals surface area contributed by atoms with Crippen molar-refractivity contribution in [3.63, 3.8) is 0 Å². The number of aromatic nitrogens is 1. The van der Waals surface area contributed by atoms with E-state index in [1.807, 2.05) is 12.2 Å². The van der Waals surface area contributed by atoms with Gasteiger partial charge in [-0.2, -0.15) is 0 Å². The van der Waals surface area contributed by atoms with E-state index in [9.17, 15) is 13.6 Å². The molecule has 1 unspecified atom stereocenters. The van der Waals surface area contributed by atoms with Crippen LogP contribution < -0.4 is 5.32 Å². The SMILES string of the molecule is O=C(NC1(C2=NC3(c4cncc(F)c4)CCCC=C3C=C2)CC1)c1ccc(F)cc1. The van der Waals surface area contributed by atoms with Gasteiger partial charge in [0.25, 0.3) is 5.91 Å². The number of pyridine rings is 1. The molecule has 4 nitrogen and oxygen atoms in total. The summed E-state index contributed by atoms with van der Waals surface area (Å²) in [5.74, 6) is -1.02. The van der Waals surface area contributed by atoms with E-state index in [4.69, 9.17) is 4.99 Å². The lowest BCUT2D eigenvalue weighted by atomic mass is 9.74. The Balaban J connectivity index is 1.50. The molecule has 0 bridgehead atoms. The van der Waals surface area contributed by atoms with Crippen LogP contribution in [0.2, 0.25) is 0 Å². The lowest BCUT2D eigenvalue weighted by molar-refractivity contribution is 0.0943. The van der Waals surface area contributed by atoms with Crippen LogP contribution in [0.5, 0.6) is 0 Å². The summed E-state index contributed by atoms with van der Waals surface area (Å²) < 4.78 is 27.2. The molecule has 5 rings (SSSR count). The van der Waals surface area contributed by atoms with Crippen molar-refractivity contribution in [3.05, 3.63) is 89.3 Å². The van der Waals surface area contributed by atoms with E-state index in [1.165, 1.54) is 36.5 Å². The van der Waals surface area contributed by atoms with Gasteiger partial charge in [0.15, 0.2) is 0 Å². The van der Waals surface area contributed by atoms with E-state index >= 15 is 0 Å². The van der Waals surface area contributed by atoms with Crippen LogP contribution in [0.1, 0.15) is 48.0 Å². The van der Waals surface area contributed by atoms with Gasteiger partial charge in [-0.1, -0.05) is 12.2 Å². The van der Waals surface area contributed by atoms with Gasteiger partial charge in [-0.15, -0.1) is 0 Å². The lowest BCUT2D eigenvalue weighted by Crippen LogP contribution is -2.45. The number of halogens is 2. The number of nitrogens with zero attached hydrogens (tertiary/aromatic N) is 2. The van der Waals surface area contributed by atoms with Crippen LogP contribution in [-0.2, 0) is 5.54 Å². The first-order chi connectivity index (χ1) is 14.5. The number of hydrogen-bond acceptors (Lipinski definition) is 3. The molecule has 152 valence electrons. The fraction of sp³-hybridized carbons (Fsp3) is 0.292. The molecule has 0 saturated heterocycles. The Bertz CT molecular complexity index is 1100. The van der Waals surface area contributed by atoms with Crippen molar-refractivity contribution in [2.45, 2.75) is 43.2 Å². The summed E-state index contributed by atoms with van der Waals surface area (Å²) in [4.78, 5) is 21.9.